The SMILES string of the molecule is C[C@H]1CCc2c(sc3nc([C@@H](C)OC(=O)c4cccnc4)[nH]c(=O)c23)C1. The number of aromatic nitrogens is 3. The fourth-order valence-corrected chi connectivity index (χ4v) is 4.72. The molecular formula is C19H19N3O3S. The number of aryl methyl sites for hydroxylation is 1. The number of carbonyl (C=O) groups excluding carboxylic acids is 1. The zero-order valence-corrected chi connectivity index (χ0v) is 15.4. The van der Waals surface area contributed by atoms with Crippen molar-refractivity contribution in [3.63, 3.8) is 0 Å². The molecule has 0 fully saturated rings. The molecule has 1 N–H and O–H groups in total. The van der Waals surface area contributed by atoms with Crippen molar-refractivity contribution in [2.75, 3.05) is 0 Å². The number of nitrogens with one attached hydrogen (secondary N) is 1. The summed E-state index contributed by atoms with van der Waals surface area (Å²) in [6.07, 6.45) is 5.40. The Morgan fingerprint density at radius 3 is 3.08 bits per heavy atom. The highest BCUT2D eigenvalue weighted by molar-refractivity contribution is 7.18. The van der Waals surface area contributed by atoms with Crippen LogP contribution in [0.3, 0.4) is 0 Å². The fraction of sp³-hybridized carbons (Fsp3) is 0.368. The summed E-state index contributed by atoms with van der Waals surface area (Å²) in [4.78, 5) is 38.1. The Bertz CT molecular complexity index is 1030. The Balaban J connectivity index is 1.65. The molecule has 3 aromatic heterocycles. The topological polar surface area (TPSA) is 84.9 Å². The lowest BCUT2D eigenvalue weighted by Gasteiger charge is -2.17. The molecule has 6 nitrogen and oxygen atoms in total. The second-order valence-electron chi connectivity index (χ2n) is 6.77. The molecule has 4 rings (SSSR count). The molecule has 2 atom stereocenters. The van der Waals surface area contributed by atoms with E-state index >= 15 is 0 Å². The van der Waals surface area contributed by atoms with E-state index < -0.39 is 12.1 Å². The normalized spacial score (nSPS) is 17.7. The largest absolute Gasteiger partial charge is 0.451 e. The third-order valence-electron chi connectivity index (χ3n) is 4.75. The van der Waals surface area contributed by atoms with Crippen molar-refractivity contribution in [2.45, 2.75) is 39.2 Å². The molecule has 7 heteroatoms. The van der Waals surface area contributed by atoms with Crippen LogP contribution in [0, 0.1) is 5.92 Å². The lowest BCUT2D eigenvalue weighted by molar-refractivity contribution is 0.0319. The van der Waals surface area contributed by atoms with Crippen LogP contribution in [0.2, 0.25) is 0 Å². The molecule has 0 saturated heterocycles. The lowest BCUT2D eigenvalue weighted by Crippen LogP contribution is -2.18. The van der Waals surface area contributed by atoms with Gasteiger partial charge >= 0.3 is 5.97 Å². The summed E-state index contributed by atoms with van der Waals surface area (Å²) < 4.78 is 5.44. The Morgan fingerprint density at radius 1 is 1.46 bits per heavy atom. The molecule has 26 heavy (non-hydrogen) atoms. The molecule has 0 aliphatic heterocycles. The van der Waals surface area contributed by atoms with Crippen LogP contribution < -0.4 is 5.56 Å². The maximum atomic E-state index is 12.6. The van der Waals surface area contributed by atoms with Crippen molar-refractivity contribution in [1.29, 1.82) is 0 Å². The first-order chi connectivity index (χ1) is 12.5. The Kier molecular flexibility index (Phi) is 4.32. The minimum absolute atomic E-state index is 0.152. The summed E-state index contributed by atoms with van der Waals surface area (Å²) in [5, 5.41) is 0.700. The number of esters is 1. The smallest absolute Gasteiger partial charge is 0.340 e. The number of fused-ring (bicyclic) bond motifs is 3. The zero-order chi connectivity index (χ0) is 18.3. The highest BCUT2D eigenvalue weighted by atomic mass is 32.1. The van der Waals surface area contributed by atoms with E-state index in [1.165, 1.54) is 11.1 Å². The van der Waals surface area contributed by atoms with Crippen LogP contribution in [-0.2, 0) is 17.6 Å². The number of carbonyl (C=O) groups is 1. The molecule has 3 heterocycles. The molecular weight excluding hydrogens is 350 g/mol. The van der Waals surface area contributed by atoms with Crippen LogP contribution in [0.4, 0.5) is 0 Å². The molecule has 1 aliphatic carbocycles. The highest BCUT2D eigenvalue weighted by Crippen LogP contribution is 2.35. The Labute approximate surface area is 154 Å². The van der Waals surface area contributed by atoms with Gasteiger partial charge in [-0.3, -0.25) is 9.78 Å². The van der Waals surface area contributed by atoms with E-state index in [0.717, 1.165) is 29.7 Å². The van der Waals surface area contributed by atoms with E-state index in [-0.39, 0.29) is 5.56 Å². The van der Waals surface area contributed by atoms with Crippen molar-refractivity contribution in [3.05, 3.63) is 56.7 Å². The van der Waals surface area contributed by atoms with Gasteiger partial charge in [-0.05, 0) is 49.8 Å². The van der Waals surface area contributed by atoms with Gasteiger partial charge in [0.2, 0.25) is 0 Å². The van der Waals surface area contributed by atoms with Gasteiger partial charge in [-0.1, -0.05) is 6.92 Å². The Hall–Kier alpha value is -2.54. The van der Waals surface area contributed by atoms with Gasteiger partial charge in [0.05, 0.1) is 10.9 Å². The number of pyridine rings is 1. The lowest BCUT2D eigenvalue weighted by atomic mass is 9.89. The number of nitrogens with zero attached hydrogens (tertiary/aromatic N) is 2. The monoisotopic (exact) mass is 369 g/mol. The van der Waals surface area contributed by atoms with E-state index in [9.17, 15) is 9.59 Å². The molecule has 3 aromatic rings. The predicted octanol–water partition coefficient (Wildman–Crippen LogP) is 3.42. The average molecular weight is 369 g/mol. The van der Waals surface area contributed by atoms with E-state index in [1.54, 1.807) is 36.6 Å². The summed E-state index contributed by atoms with van der Waals surface area (Å²) in [5.74, 6) is 0.507. The number of ether oxygens (including phenoxy) is 1. The molecule has 0 unspecified atom stereocenters. The van der Waals surface area contributed by atoms with Gasteiger partial charge in [-0.15, -0.1) is 11.3 Å². The molecule has 0 spiro atoms. The first-order valence-corrected chi connectivity index (χ1v) is 9.50. The van der Waals surface area contributed by atoms with E-state index in [2.05, 4.69) is 21.9 Å². The van der Waals surface area contributed by atoms with Crippen molar-refractivity contribution < 1.29 is 9.53 Å². The van der Waals surface area contributed by atoms with Crippen LogP contribution in [0.5, 0.6) is 0 Å². The predicted molar refractivity (Wildman–Crippen MR) is 99.5 cm³/mol. The summed E-state index contributed by atoms with van der Waals surface area (Å²) in [5.41, 5.74) is 1.35. The third-order valence-corrected chi connectivity index (χ3v) is 5.90. The van der Waals surface area contributed by atoms with Gasteiger partial charge in [0, 0.05) is 17.3 Å². The van der Waals surface area contributed by atoms with Gasteiger partial charge in [-0.25, -0.2) is 9.78 Å². The van der Waals surface area contributed by atoms with Crippen molar-refractivity contribution in [2.24, 2.45) is 5.92 Å². The van der Waals surface area contributed by atoms with E-state index in [0.29, 0.717) is 22.7 Å². The number of aromatic amines is 1. The third kappa shape index (κ3) is 3.03. The zero-order valence-electron chi connectivity index (χ0n) is 14.6. The molecule has 0 aromatic carbocycles. The van der Waals surface area contributed by atoms with Crippen LogP contribution in [0.1, 0.15) is 53.0 Å². The quantitative estimate of drug-likeness (QED) is 0.715. The van der Waals surface area contributed by atoms with E-state index in [1.807, 2.05) is 0 Å². The average Bonchev–Trinajstić information content (AvgIpc) is 3.00. The van der Waals surface area contributed by atoms with Gasteiger partial charge in [-0.2, -0.15) is 0 Å². The Morgan fingerprint density at radius 2 is 2.31 bits per heavy atom. The van der Waals surface area contributed by atoms with E-state index in [4.69, 9.17) is 4.74 Å². The van der Waals surface area contributed by atoms with Gasteiger partial charge in [0.1, 0.15) is 4.83 Å². The van der Waals surface area contributed by atoms with Crippen LogP contribution >= 0.6 is 11.3 Å². The maximum Gasteiger partial charge on any atom is 0.340 e. The molecule has 0 saturated carbocycles. The standard InChI is InChI=1S/C19H19N3O3S/c1-10-5-6-13-14(8-10)26-18-15(13)17(23)21-16(22-18)11(2)25-19(24)12-4-3-7-20-9-12/h3-4,7,9-11H,5-6,8H2,1-2H3,(H,21,22,23)/t10-,11+/m0/s1. The summed E-state index contributed by atoms with van der Waals surface area (Å²) in [7, 11) is 0. The fourth-order valence-electron chi connectivity index (χ4n) is 3.33. The summed E-state index contributed by atoms with van der Waals surface area (Å²) in [6.45, 7) is 3.93. The molecule has 0 bridgehead atoms. The number of hydrogen-bond acceptors (Lipinski definition) is 6. The summed E-state index contributed by atoms with van der Waals surface area (Å²) in [6, 6.07) is 3.31. The van der Waals surface area contributed by atoms with Crippen molar-refractivity contribution >= 4 is 27.5 Å². The number of H-pyrrole nitrogens is 1. The van der Waals surface area contributed by atoms with Crippen LogP contribution in [0.25, 0.3) is 10.2 Å². The van der Waals surface area contributed by atoms with Crippen molar-refractivity contribution in [1.82, 2.24) is 15.0 Å². The van der Waals surface area contributed by atoms with Gasteiger partial charge in [0.15, 0.2) is 11.9 Å². The second-order valence-corrected chi connectivity index (χ2v) is 7.86. The van der Waals surface area contributed by atoms with Gasteiger partial charge in [0.25, 0.3) is 5.56 Å². The summed E-state index contributed by atoms with van der Waals surface area (Å²) >= 11 is 1.58. The first-order valence-electron chi connectivity index (χ1n) is 8.68. The minimum Gasteiger partial charge on any atom is -0.451 e. The van der Waals surface area contributed by atoms with Crippen LogP contribution in [0.15, 0.2) is 29.3 Å². The number of rotatable bonds is 3. The van der Waals surface area contributed by atoms with Gasteiger partial charge < -0.3 is 9.72 Å². The molecule has 1 aliphatic rings. The maximum absolute atomic E-state index is 12.6. The number of thiophene rings is 1. The molecule has 134 valence electrons. The van der Waals surface area contributed by atoms with Crippen LogP contribution in [-0.4, -0.2) is 20.9 Å². The number of hydrogen-bond donors (Lipinski definition) is 1. The minimum atomic E-state index is -0.655. The molecule has 0 radical (unpaired) electrons. The second kappa shape index (κ2) is 6.64. The first kappa shape index (κ1) is 16.9. The molecule has 0 amide bonds. The highest BCUT2D eigenvalue weighted by Gasteiger charge is 2.24. The van der Waals surface area contributed by atoms with Crippen molar-refractivity contribution in [3.8, 4) is 0 Å².